The minimum Gasteiger partial charge on any atom is -0.392 e. The second-order valence-corrected chi connectivity index (χ2v) is 8.69. The maximum atomic E-state index is 10.8. The van der Waals surface area contributed by atoms with Crippen molar-refractivity contribution < 1.29 is 5.11 Å². The summed E-state index contributed by atoms with van der Waals surface area (Å²) in [6.07, 6.45) is 15.4. The second kappa shape index (κ2) is 4.35. The van der Waals surface area contributed by atoms with Crippen LogP contribution in [0, 0.1) is 34.5 Å². The third-order valence-corrected chi connectivity index (χ3v) is 8.07. The number of hydrogen-bond acceptors (Lipinski definition) is 1. The van der Waals surface area contributed by atoms with E-state index in [1.165, 1.54) is 44.9 Å². The van der Waals surface area contributed by atoms with Crippen LogP contribution in [0.25, 0.3) is 0 Å². The Morgan fingerprint density at radius 2 is 1.85 bits per heavy atom. The lowest BCUT2D eigenvalue weighted by Crippen LogP contribution is -2.56. The molecule has 0 aliphatic heterocycles. The van der Waals surface area contributed by atoms with E-state index in [1.54, 1.807) is 0 Å². The first-order valence-corrected chi connectivity index (χ1v) is 8.90. The van der Waals surface area contributed by atoms with Gasteiger partial charge < -0.3 is 5.11 Å². The molecule has 7 atom stereocenters. The van der Waals surface area contributed by atoms with Gasteiger partial charge in [0.15, 0.2) is 0 Å². The Bertz CT molecular complexity index is 427. The first-order chi connectivity index (χ1) is 9.56. The summed E-state index contributed by atoms with van der Waals surface area (Å²) in [5, 5.41) is 10.8. The molecule has 0 heterocycles. The summed E-state index contributed by atoms with van der Waals surface area (Å²) in [6.45, 7) is 4.98. The van der Waals surface area contributed by atoms with E-state index in [0.29, 0.717) is 11.3 Å². The van der Waals surface area contributed by atoms with Crippen LogP contribution in [-0.4, -0.2) is 11.2 Å². The predicted octanol–water partition coefficient (Wildman–Crippen LogP) is 4.56. The maximum Gasteiger partial charge on any atom is 0.0636 e. The Balaban J connectivity index is 1.70. The molecule has 20 heavy (non-hydrogen) atoms. The lowest BCUT2D eigenvalue weighted by atomic mass is 9.45. The van der Waals surface area contributed by atoms with E-state index in [9.17, 15) is 5.11 Å². The van der Waals surface area contributed by atoms with Gasteiger partial charge in [-0.3, -0.25) is 0 Å². The SMILES string of the molecule is C[C@@]12CCC[C@H]1[C@@H]1CCC3C=CCC(O)[C@]3(C)[C@@H]1CC2. The Labute approximate surface area is 123 Å². The van der Waals surface area contributed by atoms with E-state index in [-0.39, 0.29) is 11.5 Å². The van der Waals surface area contributed by atoms with Gasteiger partial charge in [0.2, 0.25) is 0 Å². The van der Waals surface area contributed by atoms with Crippen molar-refractivity contribution in [3.63, 3.8) is 0 Å². The molecule has 3 saturated carbocycles. The third-order valence-electron chi connectivity index (χ3n) is 8.07. The predicted molar refractivity (Wildman–Crippen MR) is 82.3 cm³/mol. The normalized spacial score (nSPS) is 57.9. The standard InChI is InChI=1S/C19H30O/c1-18-11-4-6-15(18)14-9-8-13-5-3-7-17(20)19(13,2)16(14)10-12-18/h3,5,13-17,20H,4,6-12H2,1-2H3/t13?,14-,15-,16+,17?,18-,19-/m0/s1. The van der Waals surface area contributed by atoms with Gasteiger partial charge in [0, 0.05) is 5.41 Å². The topological polar surface area (TPSA) is 20.2 Å². The van der Waals surface area contributed by atoms with Crippen molar-refractivity contribution in [3.05, 3.63) is 12.2 Å². The molecule has 1 heteroatoms. The van der Waals surface area contributed by atoms with E-state index < -0.39 is 0 Å². The summed E-state index contributed by atoms with van der Waals surface area (Å²) in [5.41, 5.74) is 0.807. The zero-order chi connectivity index (χ0) is 14.0. The summed E-state index contributed by atoms with van der Waals surface area (Å²) >= 11 is 0. The van der Waals surface area contributed by atoms with Crippen molar-refractivity contribution in [2.75, 3.05) is 0 Å². The molecule has 0 saturated heterocycles. The highest BCUT2D eigenvalue weighted by Gasteiger charge is 2.58. The minimum absolute atomic E-state index is 0.101. The van der Waals surface area contributed by atoms with E-state index in [2.05, 4.69) is 26.0 Å². The lowest BCUT2D eigenvalue weighted by Gasteiger charge is -2.60. The van der Waals surface area contributed by atoms with E-state index in [0.717, 1.165) is 24.2 Å². The van der Waals surface area contributed by atoms with Crippen LogP contribution in [0.4, 0.5) is 0 Å². The molecular weight excluding hydrogens is 244 g/mol. The Morgan fingerprint density at radius 1 is 1.00 bits per heavy atom. The quantitative estimate of drug-likeness (QED) is 0.642. The molecule has 112 valence electrons. The van der Waals surface area contributed by atoms with Crippen LogP contribution >= 0.6 is 0 Å². The fourth-order valence-electron chi connectivity index (χ4n) is 6.84. The zero-order valence-electron chi connectivity index (χ0n) is 13.1. The van der Waals surface area contributed by atoms with Gasteiger partial charge in [0.1, 0.15) is 0 Å². The Hall–Kier alpha value is -0.300. The van der Waals surface area contributed by atoms with Crippen molar-refractivity contribution in [1.29, 1.82) is 0 Å². The monoisotopic (exact) mass is 274 g/mol. The van der Waals surface area contributed by atoms with Crippen LogP contribution in [0.2, 0.25) is 0 Å². The van der Waals surface area contributed by atoms with E-state index >= 15 is 0 Å². The minimum atomic E-state index is -0.101. The summed E-state index contributed by atoms with van der Waals surface area (Å²) in [6, 6.07) is 0. The first kappa shape index (κ1) is 13.4. The molecule has 1 N–H and O–H groups in total. The van der Waals surface area contributed by atoms with Gasteiger partial charge in [-0.2, -0.15) is 0 Å². The van der Waals surface area contributed by atoms with Crippen molar-refractivity contribution in [3.8, 4) is 0 Å². The third kappa shape index (κ3) is 1.59. The van der Waals surface area contributed by atoms with Gasteiger partial charge in [0.05, 0.1) is 6.10 Å². The number of hydrogen-bond donors (Lipinski definition) is 1. The maximum absolute atomic E-state index is 10.8. The summed E-state index contributed by atoms with van der Waals surface area (Å²) < 4.78 is 0. The van der Waals surface area contributed by atoms with Crippen molar-refractivity contribution in [2.45, 2.75) is 71.3 Å². The van der Waals surface area contributed by atoms with Gasteiger partial charge in [-0.1, -0.05) is 32.4 Å². The van der Waals surface area contributed by atoms with Crippen LogP contribution in [0.3, 0.4) is 0 Å². The second-order valence-electron chi connectivity index (χ2n) is 8.69. The molecule has 2 unspecified atom stereocenters. The molecule has 0 spiro atoms. The average molecular weight is 274 g/mol. The molecule has 0 aromatic rings. The largest absolute Gasteiger partial charge is 0.392 e. The van der Waals surface area contributed by atoms with Gasteiger partial charge in [-0.15, -0.1) is 0 Å². The number of aliphatic hydroxyl groups excluding tert-OH is 1. The van der Waals surface area contributed by atoms with Crippen LogP contribution in [0.5, 0.6) is 0 Å². The molecule has 1 nitrogen and oxygen atoms in total. The van der Waals surface area contributed by atoms with Gasteiger partial charge >= 0.3 is 0 Å². The first-order valence-electron chi connectivity index (χ1n) is 8.90. The molecule has 0 amide bonds. The van der Waals surface area contributed by atoms with Crippen LogP contribution < -0.4 is 0 Å². The van der Waals surface area contributed by atoms with E-state index in [4.69, 9.17) is 0 Å². The number of rotatable bonds is 0. The molecule has 0 bridgehead atoms. The van der Waals surface area contributed by atoms with Crippen LogP contribution in [-0.2, 0) is 0 Å². The summed E-state index contributed by atoms with van der Waals surface area (Å²) in [4.78, 5) is 0. The smallest absolute Gasteiger partial charge is 0.0636 e. The van der Waals surface area contributed by atoms with Gasteiger partial charge in [-0.25, -0.2) is 0 Å². The highest BCUT2D eigenvalue weighted by molar-refractivity contribution is 5.15. The Morgan fingerprint density at radius 3 is 2.70 bits per heavy atom. The highest BCUT2D eigenvalue weighted by atomic mass is 16.3. The molecule has 0 radical (unpaired) electrons. The van der Waals surface area contributed by atoms with Crippen molar-refractivity contribution in [2.24, 2.45) is 34.5 Å². The van der Waals surface area contributed by atoms with Crippen LogP contribution in [0.15, 0.2) is 12.2 Å². The van der Waals surface area contributed by atoms with Crippen LogP contribution in [0.1, 0.15) is 65.2 Å². The molecule has 3 fully saturated rings. The zero-order valence-corrected chi connectivity index (χ0v) is 13.1. The van der Waals surface area contributed by atoms with Gasteiger partial charge in [-0.05, 0) is 74.0 Å². The summed E-state index contributed by atoms with van der Waals surface area (Å²) in [7, 11) is 0. The average Bonchev–Trinajstić information content (AvgIpc) is 2.82. The lowest BCUT2D eigenvalue weighted by molar-refractivity contribution is -0.133. The molecule has 0 aromatic carbocycles. The molecule has 4 aliphatic rings. The molecule has 4 aliphatic carbocycles. The number of fused-ring (bicyclic) bond motifs is 5. The highest BCUT2D eigenvalue weighted by Crippen LogP contribution is 2.65. The fourth-order valence-corrected chi connectivity index (χ4v) is 6.84. The van der Waals surface area contributed by atoms with Crippen molar-refractivity contribution in [1.82, 2.24) is 0 Å². The van der Waals surface area contributed by atoms with E-state index in [1.807, 2.05) is 0 Å². The Kier molecular flexibility index (Phi) is 2.91. The number of allylic oxidation sites excluding steroid dienone is 1. The molecular formula is C19H30O. The molecule has 4 rings (SSSR count). The van der Waals surface area contributed by atoms with Gasteiger partial charge in [0.25, 0.3) is 0 Å². The fraction of sp³-hybridized carbons (Fsp3) is 0.895. The number of aliphatic hydroxyl groups is 1. The molecule has 0 aromatic heterocycles. The summed E-state index contributed by atoms with van der Waals surface area (Å²) in [5.74, 6) is 3.27. The van der Waals surface area contributed by atoms with Crippen molar-refractivity contribution >= 4 is 0 Å².